The first-order valence-corrected chi connectivity index (χ1v) is 8.03. The van der Waals surface area contributed by atoms with Crippen molar-refractivity contribution >= 4 is 0 Å². The lowest BCUT2D eigenvalue weighted by atomic mass is 9.63. The van der Waals surface area contributed by atoms with Crippen molar-refractivity contribution in [1.82, 2.24) is 0 Å². The average Bonchev–Trinajstić information content (AvgIpc) is 2.37. The Morgan fingerprint density at radius 2 is 2.00 bits per heavy atom. The molecule has 106 valence electrons. The van der Waals surface area contributed by atoms with Crippen molar-refractivity contribution in [2.24, 2.45) is 29.6 Å². The van der Waals surface area contributed by atoms with Crippen molar-refractivity contribution in [3.8, 4) is 0 Å². The molecule has 0 amide bonds. The van der Waals surface area contributed by atoms with Crippen molar-refractivity contribution < 1.29 is 4.74 Å². The van der Waals surface area contributed by atoms with E-state index >= 15 is 0 Å². The molecule has 2 aliphatic carbocycles. The summed E-state index contributed by atoms with van der Waals surface area (Å²) in [6, 6.07) is 0. The van der Waals surface area contributed by atoms with Crippen molar-refractivity contribution in [3.05, 3.63) is 23.3 Å². The molecule has 0 unspecified atom stereocenters. The second-order valence-corrected chi connectivity index (χ2v) is 7.20. The molecule has 1 fully saturated rings. The fourth-order valence-corrected chi connectivity index (χ4v) is 4.71. The van der Waals surface area contributed by atoms with Gasteiger partial charge in [-0.1, -0.05) is 37.1 Å². The van der Waals surface area contributed by atoms with Crippen LogP contribution in [-0.2, 0) is 4.74 Å². The van der Waals surface area contributed by atoms with Gasteiger partial charge in [-0.15, -0.1) is 0 Å². The minimum atomic E-state index is 0.472. The van der Waals surface area contributed by atoms with Gasteiger partial charge in [-0.25, -0.2) is 0 Å². The molecule has 3 rings (SSSR count). The first-order chi connectivity index (χ1) is 9.08. The second kappa shape index (κ2) is 5.09. The molecule has 0 N–H and O–H groups in total. The third-order valence-electron chi connectivity index (χ3n) is 5.95. The Labute approximate surface area is 118 Å². The highest BCUT2D eigenvalue weighted by molar-refractivity contribution is 5.18. The minimum Gasteiger partial charge on any atom is -0.377 e. The van der Waals surface area contributed by atoms with Crippen LogP contribution in [0.1, 0.15) is 47.0 Å². The molecule has 0 aromatic carbocycles. The maximum atomic E-state index is 6.36. The Bertz CT molecular complexity index is 406. The van der Waals surface area contributed by atoms with Gasteiger partial charge in [-0.05, 0) is 56.8 Å². The van der Waals surface area contributed by atoms with Crippen LogP contribution in [0.15, 0.2) is 23.3 Å². The average molecular weight is 260 g/mol. The van der Waals surface area contributed by atoms with Gasteiger partial charge in [0.1, 0.15) is 0 Å². The molecule has 1 nitrogen and oxygen atoms in total. The quantitative estimate of drug-likeness (QED) is 0.626. The van der Waals surface area contributed by atoms with E-state index in [1.807, 2.05) is 0 Å². The highest BCUT2D eigenvalue weighted by Crippen LogP contribution is 2.47. The predicted octanol–water partition coefficient (Wildman–Crippen LogP) is 4.60. The van der Waals surface area contributed by atoms with Gasteiger partial charge in [0.25, 0.3) is 0 Å². The van der Waals surface area contributed by atoms with E-state index < -0.39 is 0 Å². The van der Waals surface area contributed by atoms with Gasteiger partial charge in [0.15, 0.2) is 0 Å². The lowest BCUT2D eigenvalue weighted by Crippen LogP contribution is -2.49. The lowest BCUT2D eigenvalue weighted by Gasteiger charge is -2.50. The van der Waals surface area contributed by atoms with Crippen LogP contribution < -0.4 is 0 Å². The molecule has 3 aliphatic rings. The van der Waals surface area contributed by atoms with E-state index in [1.165, 1.54) is 19.3 Å². The van der Waals surface area contributed by atoms with Crippen LogP contribution in [0.5, 0.6) is 0 Å². The Balaban J connectivity index is 1.82. The van der Waals surface area contributed by atoms with Gasteiger partial charge in [0.2, 0.25) is 0 Å². The van der Waals surface area contributed by atoms with E-state index in [0.29, 0.717) is 17.9 Å². The SMILES string of the molecule is CC1=CC[C@H]([C@@H]2OC[C@H]3[C@H](C)[C@@H]2C(C)=C[C@@H]3C)CC1. The van der Waals surface area contributed by atoms with Crippen molar-refractivity contribution in [2.75, 3.05) is 6.61 Å². The summed E-state index contributed by atoms with van der Waals surface area (Å²) in [4.78, 5) is 0. The van der Waals surface area contributed by atoms with Gasteiger partial charge >= 0.3 is 0 Å². The second-order valence-electron chi connectivity index (χ2n) is 7.20. The molecular formula is C18H28O. The number of fused-ring (bicyclic) bond motifs is 2. The number of rotatable bonds is 1. The number of hydrogen-bond donors (Lipinski definition) is 0. The lowest BCUT2D eigenvalue weighted by molar-refractivity contribution is -0.117. The molecule has 1 heteroatoms. The van der Waals surface area contributed by atoms with Crippen LogP contribution in [0.4, 0.5) is 0 Å². The summed E-state index contributed by atoms with van der Waals surface area (Å²) in [5.41, 5.74) is 3.16. The Kier molecular flexibility index (Phi) is 3.59. The normalized spacial score (nSPS) is 46.5. The van der Waals surface area contributed by atoms with Crippen LogP contribution >= 0.6 is 0 Å². The smallest absolute Gasteiger partial charge is 0.0674 e. The van der Waals surface area contributed by atoms with Crippen LogP contribution in [0.25, 0.3) is 0 Å². The maximum absolute atomic E-state index is 6.36. The first-order valence-electron chi connectivity index (χ1n) is 8.03. The molecule has 0 aromatic rings. The molecule has 0 saturated carbocycles. The molecule has 6 atom stereocenters. The summed E-state index contributed by atoms with van der Waals surface area (Å²) < 4.78 is 6.36. The Hall–Kier alpha value is -0.560. The summed E-state index contributed by atoms with van der Waals surface area (Å²) in [6.45, 7) is 10.4. The predicted molar refractivity (Wildman–Crippen MR) is 79.9 cm³/mol. The fraction of sp³-hybridized carbons (Fsp3) is 0.778. The van der Waals surface area contributed by atoms with E-state index in [1.54, 1.807) is 11.1 Å². The first kappa shape index (κ1) is 13.4. The van der Waals surface area contributed by atoms with Gasteiger partial charge in [-0.2, -0.15) is 0 Å². The number of hydrogen-bond acceptors (Lipinski definition) is 1. The standard InChI is InChI=1S/C18H28O/c1-11-5-7-15(8-6-11)18-17-13(3)9-12(2)16(10-19-18)14(17)4/h5,9,12,14-18H,6-8,10H2,1-4H3/t12-,14-,15-,16+,17-,18-/m0/s1. The fourth-order valence-electron chi connectivity index (χ4n) is 4.71. The molecule has 1 saturated heterocycles. The van der Waals surface area contributed by atoms with Crippen LogP contribution in [0.2, 0.25) is 0 Å². The van der Waals surface area contributed by atoms with E-state index in [4.69, 9.17) is 4.74 Å². The molecule has 2 bridgehead atoms. The molecule has 0 spiro atoms. The largest absolute Gasteiger partial charge is 0.377 e. The third kappa shape index (κ3) is 2.31. The number of ether oxygens (including phenoxy) is 1. The maximum Gasteiger partial charge on any atom is 0.0674 e. The van der Waals surface area contributed by atoms with Gasteiger partial charge in [-0.3, -0.25) is 0 Å². The Morgan fingerprint density at radius 1 is 1.21 bits per heavy atom. The van der Waals surface area contributed by atoms with E-state index in [-0.39, 0.29) is 0 Å². The molecule has 0 radical (unpaired) electrons. The van der Waals surface area contributed by atoms with Crippen molar-refractivity contribution in [2.45, 2.75) is 53.1 Å². The van der Waals surface area contributed by atoms with Crippen LogP contribution in [0, 0.1) is 29.6 Å². The topological polar surface area (TPSA) is 9.23 Å². The third-order valence-corrected chi connectivity index (χ3v) is 5.95. The van der Waals surface area contributed by atoms with Crippen molar-refractivity contribution in [1.29, 1.82) is 0 Å². The van der Waals surface area contributed by atoms with Gasteiger partial charge in [0, 0.05) is 5.92 Å². The van der Waals surface area contributed by atoms with E-state index in [0.717, 1.165) is 24.4 Å². The number of allylic oxidation sites excluding steroid dienone is 3. The van der Waals surface area contributed by atoms with Gasteiger partial charge < -0.3 is 4.74 Å². The van der Waals surface area contributed by atoms with Crippen LogP contribution in [0.3, 0.4) is 0 Å². The molecule has 1 aliphatic heterocycles. The molecule has 19 heavy (non-hydrogen) atoms. The zero-order valence-corrected chi connectivity index (χ0v) is 12.9. The monoisotopic (exact) mass is 260 g/mol. The van der Waals surface area contributed by atoms with E-state index in [2.05, 4.69) is 39.8 Å². The minimum absolute atomic E-state index is 0.472. The summed E-state index contributed by atoms with van der Waals surface area (Å²) >= 11 is 0. The summed E-state index contributed by atoms with van der Waals surface area (Å²) in [5.74, 6) is 3.65. The van der Waals surface area contributed by atoms with Gasteiger partial charge in [0.05, 0.1) is 12.7 Å². The summed E-state index contributed by atoms with van der Waals surface area (Å²) in [6.07, 6.45) is 9.26. The summed E-state index contributed by atoms with van der Waals surface area (Å²) in [5, 5.41) is 0. The summed E-state index contributed by atoms with van der Waals surface area (Å²) in [7, 11) is 0. The van der Waals surface area contributed by atoms with Crippen molar-refractivity contribution in [3.63, 3.8) is 0 Å². The van der Waals surface area contributed by atoms with E-state index in [9.17, 15) is 0 Å². The molecule has 1 heterocycles. The molecular weight excluding hydrogens is 232 g/mol. The highest BCUT2D eigenvalue weighted by Gasteiger charge is 2.45. The zero-order chi connectivity index (χ0) is 13.6. The zero-order valence-electron chi connectivity index (χ0n) is 12.9. The highest BCUT2D eigenvalue weighted by atomic mass is 16.5. The van der Waals surface area contributed by atoms with Crippen LogP contribution in [-0.4, -0.2) is 12.7 Å². The Morgan fingerprint density at radius 3 is 2.68 bits per heavy atom. The molecule has 0 aromatic heterocycles.